The molecule has 0 aliphatic heterocycles. The third-order valence-corrected chi connectivity index (χ3v) is 5.14. The first-order valence-electron chi connectivity index (χ1n) is 7.15. The number of hydrogen-bond donors (Lipinski definition) is 1. The molecule has 0 heterocycles. The molecule has 0 unspecified atom stereocenters. The molecule has 0 saturated carbocycles. The molecule has 144 valence electrons. The van der Waals surface area contributed by atoms with Crippen molar-refractivity contribution in [1.82, 2.24) is 0 Å². The third kappa shape index (κ3) is 5.38. The van der Waals surface area contributed by atoms with E-state index in [9.17, 15) is 26.8 Å². The summed E-state index contributed by atoms with van der Waals surface area (Å²) in [5.74, 6) is -5.18. The molecule has 2 aromatic rings. The molecule has 27 heavy (non-hydrogen) atoms. The predicted molar refractivity (Wildman–Crippen MR) is 95.0 cm³/mol. The highest BCUT2D eigenvalue weighted by atomic mass is 35.5. The van der Waals surface area contributed by atoms with E-state index in [0.29, 0.717) is 5.02 Å². The topological polar surface area (TPSA) is 89.5 Å². The summed E-state index contributed by atoms with van der Waals surface area (Å²) in [7, 11) is -4.76. The monoisotopic (exact) mass is 437 g/mol. The zero-order valence-corrected chi connectivity index (χ0v) is 15.6. The summed E-state index contributed by atoms with van der Waals surface area (Å²) in [6.07, 6.45) is 0. The van der Waals surface area contributed by atoms with Crippen LogP contribution in [0.1, 0.15) is 10.4 Å². The maximum Gasteiger partial charge on any atom is 0.341 e. The highest BCUT2D eigenvalue weighted by Gasteiger charge is 2.26. The van der Waals surface area contributed by atoms with Crippen LogP contribution < -0.4 is 5.32 Å². The van der Waals surface area contributed by atoms with Gasteiger partial charge in [-0.2, -0.15) is 8.78 Å². The van der Waals surface area contributed by atoms with Crippen LogP contribution in [0.15, 0.2) is 47.4 Å². The lowest BCUT2D eigenvalue weighted by Gasteiger charge is -2.09. The fourth-order valence-electron chi connectivity index (χ4n) is 1.88. The van der Waals surface area contributed by atoms with Crippen LogP contribution in [0.25, 0.3) is 0 Å². The molecular formula is C16H11Cl2F2NO5S. The van der Waals surface area contributed by atoms with Crippen molar-refractivity contribution >= 4 is 50.6 Å². The average Bonchev–Trinajstić information content (AvgIpc) is 2.62. The molecule has 0 saturated heterocycles. The van der Waals surface area contributed by atoms with Gasteiger partial charge in [0.05, 0.1) is 21.2 Å². The highest BCUT2D eigenvalue weighted by Crippen LogP contribution is 2.25. The number of ether oxygens (including phenoxy) is 1. The molecule has 0 aliphatic rings. The van der Waals surface area contributed by atoms with Crippen molar-refractivity contribution in [3.8, 4) is 0 Å². The molecule has 11 heteroatoms. The summed E-state index contributed by atoms with van der Waals surface area (Å²) < 4.78 is 52.3. The molecule has 1 amide bonds. The number of rotatable bonds is 6. The second-order valence-electron chi connectivity index (χ2n) is 5.08. The summed E-state index contributed by atoms with van der Waals surface area (Å²) >= 11 is 11.6. The average molecular weight is 438 g/mol. The molecular weight excluding hydrogens is 427 g/mol. The van der Waals surface area contributed by atoms with Crippen molar-refractivity contribution in [2.24, 2.45) is 0 Å². The number of carbonyl (C=O) groups is 2. The molecule has 0 aliphatic carbocycles. The van der Waals surface area contributed by atoms with Gasteiger partial charge >= 0.3 is 11.7 Å². The lowest BCUT2D eigenvalue weighted by molar-refractivity contribution is -0.119. The minimum absolute atomic E-state index is 0.111. The number of halogens is 4. The minimum Gasteiger partial charge on any atom is -0.452 e. The number of sulfone groups is 1. The number of alkyl halides is 2. The van der Waals surface area contributed by atoms with Gasteiger partial charge in [-0.1, -0.05) is 23.2 Å². The zero-order valence-electron chi connectivity index (χ0n) is 13.3. The van der Waals surface area contributed by atoms with Crippen molar-refractivity contribution in [3.05, 3.63) is 58.1 Å². The summed E-state index contributed by atoms with van der Waals surface area (Å²) in [6.45, 7) is -0.644. The molecule has 0 aromatic heterocycles. The largest absolute Gasteiger partial charge is 0.452 e. The van der Waals surface area contributed by atoms with Gasteiger partial charge in [0.15, 0.2) is 6.61 Å². The van der Waals surface area contributed by atoms with Gasteiger partial charge in [-0.15, -0.1) is 0 Å². The number of hydrogen-bond acceptors (Lipinski definition) is 5. The van der Waals surface area contributed by atoms with Crippen LogP contribution in [-0.4, -0.2) is 32.7 Å². The smallest absolute Gasteiger partial charge is 0.341 e. The number of esters is 1. The summed E-state index contributed by atoms with van der Waals surface area (Å²) in [4.78, 5) is 23.0. The molecule has 0 atom stereocenters. The molecule has 0 radical (unpaired) electrons. The summed E-state index contributed by atoms with van der Waals surface area (Å²) in [5, 5.41) is 2.99. The van der Waals surface area contributed by atoms with E-state index in [-0.39, 0.29) is 16.3 Å². The van der Waals surface area contributed by atoms with Crippen molar-refractivity contribution in [3.63, 3.8) is 0 Å². The van der Waals surface area contributed by atoms with Crippen LogP contribution in [0.4, 0.5) is 14.5 Å². The van der Waals surface area contributed by atoms with Crippen LogP contribution >= 0.6 is 23.2 Å². The normalized spacial score (nSPS) is 11.3. The molecule has 0 bridgehead atoms. The Bertz CT molecular complexity index is 965. The van der Waals surface area contributed by atoms with Crippen LogP contribution in [0.3, 0.4) is 0 Å². The van der Waals surface area contributed by atoms with Crippen molar-refractivity contribution in [2.45, 2.75) is 10.7 Å². The fourth-order valence-corrected chi connectivity index (χ4v) is 3.05. The number of anilines is 1. The number of carbonyl (C=O) groups excluding carboxylic acids is 2. The third-order valence-electron chi connectivity index (χ3n) is 3.19. The van der Waals surface area contributed by atoms with Crippen molar-refractivity contribution < 1.29 is 31.5 Å². The van der Waals surface area contributed by atoms with E-state index in [1.54, 1.807) is 0 Å². The van der Waals surface area contributed by atoms with E-state index in [4.69, 9.17) is 27.9 Å². The standard InChI is InChI=1S/C16H11Cl2F2NO5S/c17-10-3-6-13(12(18)7-10)21-14(22)8-26-15(23)9-1-4-11(5-2-9)27(24,25)16(19)20/h1-7,16H,8H2,(H,21,22). The lowest BCUT2D eigenvalue weighted by Crippen LogP contribution is -2.21. The number of amides is 1. The first kappa shape index (κ1) is 21.1. The van der Waals surface area contributed by atoms with Crippen LogP contribution in [0, 0.1) is 0 Å². The number of benzene rings is 2. The van der Waals surface area contributed by atoms with E-state index in [1.807, 2.05) is 0 Å². The van der Waals surface area contributed by atoms with Gasteiger partial charge in [-0.3, -0.25) is 4.79 Å². The second-order valence-corrected chi connectivity index (χ2v) is 7.84. The quantitative estimate of drug-likeness (QED) is 0.694. The Balaban J connectivity index is 1.96. The summed E-state index contributed by atoms with van der Waals surface area (Å²) in [6, 6.07) is 8.10. The van der Waals surface area contributed by atoms with Crippen LogP contribution in [-0.2, 0) is 19.4 Å². The Labute approximate surface area is 162 Å². The Kier molecular flexibility index (Phi) is 6.74. The Morgan fingerprint density at radius 3 is 2.26 bits per heavy atom. The Hall–Kier alpha value is -2.23. The van der Waals surface area contributed by atoms with Gasteiger partial charge < -0.3 is 10.1 Å². The van der Waals surface area contributed by atoms with Gasteiger partial charge in [0.1, 0.15) is 0 Å². The van der Waals surface area contributed by atoms with Gasteiger partial charge in [0, 0.05) is 5.02 Å². The molecule has 0 spiro atoms. The lowest BCUT2D eigenvalue weighted by atomic mass is 10.2. The molecule has 1 N–H and O–H groups in total. The molecule has 0 fully saturated rings. The first-order valence-corrected chi connectivity index (χ1v) is 9.45. The summed E-state index contributed by atoms with van der Waals surface area (Å²) in [5.41, 5.74) is 0.157. The molecule has 2 rings (SSSR count). The second kappa shape index (κ2) is 8.64. The van der Waals surface area contributed by atoms with E-state index >= 15 is 0 Å². The Morgan fingerprint density at radius 1 is 1.07 bits per heavy atom. The van der Waals surface area contributed by atoms with Gasteiger partial charge in [0.2, 0.25) is 9.84 Å². The van der Waals surface area contributed by atoms with E-state index < -0.39 is 39.0 Å². The molecule has 6 nitrogen and oxygen atoms in total. The molecule has 2 aromatic carbocycles. The van der Waals surface area contributed by atoms with Gasteiger partial charge in [-0.25, -0.2) is 13.2 Å². The van der Waals surface area contributed by atoms with E-state index in [0.717, 1.165) is 24.3 Å². The zero-order chi connectivity index (χ0) is 20.2. The SMILES string of the molecule is O=C(COC(=O)c1ccc(S(=O)(=O)C(F)F)cc1)Nc1ccc(Cl)cc1Cl. The van der Waals surface area contributed by atoms with Crippen molar-refractivity contribution in [1.29, 1.82) is 0 Å². The first-order chi connectivity index (χ1) is 12.6. The van der Waals surface area contributed by atoms with Gasteiger partial charge in [-0.05, 0) is 42.5 Å². The van der Waals surface area contributed by atoms with Crippen LogP contribution in [0.2, 0.25) is 10.0 Å². The predicted octanol–water partition coefficient (Wildman–Crippen LogP) is 3.79. The minimum atomic E-state index is -4.76. The highest BCUT2D eigenvalue weighted by molar-refractivity contribution is 7.91. The fraction of sp³-hybridized carbons (Fsp3) is 0.125. The Morgan fingerprint density at radius 2 is 1.70 bits per heavy atom. The van der Waals surface area contributed by atoms with E-state index in [1.165, 1.54) is 18.2 Å². The van der Waals surface area contributed by atoms with Crippen LogP contribution in [0.5, 0.6) is 0 Å². The van der Waals surface area contributed by atoms with E-state index in [2.05, 4.69) is 5.32 Å². The maximum atomic E-state index is 12.5. The number of nitrogens with one attached hydrogen (secondary N) is 1. The van der Waals surface area contributed by atoms with Gasteiger partial charge in [0.25, 0.3) is 5.91 Å². The van der Waals surface area contributed by atoms with Crippen molar-refractivity contribution in [2.75, 3.05) is 11.9 Å². The maximum absolute atomic E-state index is 12.5.